The van der Waals surface area contributed by atoms with Crippen molar-refractivity contribution in [1.29, 1.82) is 0 Å². The first kappa shape index (κ1) is 8.34. The lowest BCUT2D eigenvalue weighted by atomic mass is 10.1. The number of hydrogen-bond donors (Lipinski definition) is 1. The van der Waals surface area contributed by atoms with Crippen LogP contribution in [0, 0.1) is 6.92 Å². The SMILES string of the molecule is CC[C@@H](NC)c1cc(C)co1. The molecule has 0 fully saturated rings. The largest absolute Gasteiger partial charge is 0.467 e. The Morgan fingerprint density at radius 3 is 2.73 bits per heavy atom. The summed E-state index contributed by atoms with van der Waals surface area (Å²) in [5.74, 6) is 1.03. The van der Waals surface area contributed by atoms with Crippen LogP contribution < -0.4 is 5.32 Å². The number of furan rings is 1. The van der Waals surface area contributed by atoms with Gasteiger partial charge in [-0.25, -0.2) is 0 Å². The van der Waals surface area contributed by atoms with Crippen LogP contribution in [0.3, 0.4) is 0 Å². The Balaban J connectivity index is 2.73. The summed E-state index contributed by atoms with van der Waals surface area (Å²) in [6.45, 7) is 4.18. The van der Waals surface area contributed by atoms with Crippen molar-refractivity contribution in [3.05, 3.63) is 23.7 Å². The average molecular weight is 153 g/mol. The molecule has 1 rings (SSSR count). The maximum Gasteiger partial charge on any atom is 0.120 e. The van der Waals surface area contributed by atoms with Crippen molar-refractivity contribution < 1.29 is 4.42 Å². The molecule has 0 radical (unpaired) electrons. The smallest absolute Gasteiger partial charge is 0.120 e. The fraction of sp³-hybridized carbons (Fsp3) is 0.556. The van der Waals surface area contributed by atoms with Crippen molar-refractivity contribution in [3.63, 3.8) is 0 Å². The Morgan fingerprint density at radius 1 is 1.64 bits per heavy atom. The molecule has 0 bridgehead atoms. The highest BCUT2D eigenvalue weighted by Gasteiger charge is 2.09. The fourth-order valence-corrected chi connectivity index (χ4v) is 1.18. The van der Waals surface area contributed by atoms with Gasteiger partial charge in [0.25, 0.3) is 0 Å². The first-order valence-electron chi connectivity index (χ1n) is 4.00. The van der Waals surface area contributed by atoms with E-state index in [9.17, 15) is 0 Å². The zero-order chi connectivity index (χ0) is 8.27. The second-order valence-electron chi connectivity index (χ2n) is 2.78. The van der Waals surface area contributed by atoms with E-state index in [1.54, 1.807) is 6.26 Å². The molecule has 1 atom stereocenters. The summed E-state index contributed by atoms with van der Waals surface area (Å²) in [5, 5.41) is 3.19. The quantitative estimate of drug-likeness (QED) is 0.720. The van der Waals surface area contributed by atoms with Gasteiger partial charge in [-0.15, -0.1) is 0 Å². The van der Waals surface area contributed by atoms with Crippen molar-refractivity contribution >= 4 is 0 Å². The molecule has 1 heterocycles. The molecule has 0 spiro atoms. The van der Waals surface area contributed by atoms with Gasteiger partial charge in [0.1, 0.15) is 5.76 Å². The van der Waals surface area contributed by atoms with Gasteiger partial charge in [-0.3, -0.25) is 0 Å². The molecule has 2 heteroatoms. The number of nitrogens with one attached hydrogen (secondary N) is 1. The summed E-state index contributed by atoms with van der Waals surface area (Å²) in [5.41, 5.74) is 1.19. The van der Waals surface area contributed by atoms with Crippen LogP contribution in [0.1, 0.15) is 30.7 Å². The van der Waals surface area contributed by atoms with Gasteiger partial charge in [-0.05, 0) is 32.0 Å². The molecular formula is C9H15NO. The Morgan fingerprint density at radius 2 is 2.36 bits per heavy atom. The van der Waals surface area contributed by atoms with Crippen LogP contribution in [-0.4, -0.2) is 7.05 Å². The third-order valence-electron chi connectivity index (χ3n) is 1.85. The van der Waals surface area contributed by atoms with Crippen molar-refractivity contribution in [1.82, 2.24) is 5.32 Å². The van der Waals surface area contributed by atoms with E-state index in [0.29, 0.717) is 6.04 Å². The Kier molecular flexibility index (Phi) is 2.71. The highest BCUT2D eigenvalue weighted by Crippen LogP contribution is 2.17. The summed E-state index contributed by atoms with van der Waals surface area (Å²) in [4.78, 5) is 0. The van der Waals surface area contributed by atoms with Gasteiger partial charge in [-0.1, -0.05) is 6.92 Å². The monoisotopic (exact) mass is 153 g/mol. The molecule has 1 aromatic heterocycles. The fourth-order valence-electron chi connectivity index (χ4n) is 1.18. The van der Waals surface area contributed by atoms with Crippen LogP contribution in [0.4, 0.5) is 0 Å². The van der Waals surface area contributed by atoms with Gasteiger partial charge in [0.2, 0.25) is 0 Å². The highest BCUT2D eigenvalue weighted by molar-refractivity contribution is 5.13. The third kappa shape index (κ3) is 1.84. The van der Waals surface area contributed by atoms with E-state index >= 15 is 0 Å². The van der Waals surface area contributed by atoms with Crippen molar-refractivity contribution in [2.45, 2.75) is 26.3 Å². The molecule has 0 aliphatic heterocycles. The van der Waals surface area contributed by atoms with Crippen LogP contribution in [0.15, 0.2) is 16.7 Å². The van der Waals surface area contributed by atoms with Gasteiger partial charge in [0, 0.05) is 0 Å². The van der Waals surface area contributed by atoms with Gasteiger partial charge >= 0.3 is 0 Å². The van der Waals surface area contributed by atoms with Crippen LogP contribution in [0.25, 0.3) is 0 Å². The molecule has 11 heavy (non-hydrogen) atoms. The second-order valence-corrected chi connectivity index (χ2v) is 2.78. The van der Waals surface area contributed by atoms with E-state index in [4.69, 9.17) is 4.42 Å². The normalized spacial score (nSPS) is 13.4. The first-order valence-corrected chi connectivity index (χ1v) is 4.00. The summed E-state index contributed by atoms with van der Waals surface area (Å²) in [6.07, 6.45) is 2.85. The van der Waals surface area contributed by atoms with E-state index in [1.165, 1.54) is 5.56 Å². The number of rotatable bonds is 3. The van der Waals surface area contributed by atoms with Crippen LogP contribution in [-0.2, 0) is 0 Å². The standard InChI is InChI=1S/C9H15NO/c1-4-8(10-3)9-5-7(2)6-11-9/h5-6,8,10H,4H2,1-3H3/t8-/m1/s1. The Labute approximate surface area is 67.6 Å². The molecule has 0 aromatic carbocycles. The average Bonchev–Trinajstić information content (AvgIpc) is 2.39. The van der Waals surface area contributed by atoms with Crippen molar-refractivity contribution in [2.24, 2.45) is 0 Å². The molecule has 62 valence electrons. The molecule has 2 nitrogen and oxygen atoms in total. The molecule has 0 unspecified atom stereocenters. The van der Waals surface area contributed by atoms with E-state index in [1.807, 2.05) is 14.0 Å². The van der Waals surface area contributed by atoms with Crippen molar-refractivity contribution in [2.75, 3.05) is 7.05 Å². The second kappa shape index (κ2) is 3.58. The lowest BCUT2D eigenvalue weighted by Gasteiger charge is -2.09. The van der Waals surface area contributed by atoms with Gasteiger partial charge in [-0.2, -0.15) is 0 Å². The molecule has 0 aliphatic rings. The summed E-state index contributed by atoms with van der Waals surface area (Å²) in [7, 11) is 1.95. The first-order chi connectivity index (χ1) is 5.27. The predicted molar refractivity (Wildman–Crippen MR) is 45.5 cm³/mol. The lowest BCUT2D eigenvalue weighted by Crippen LogP contribution is -2.14. The molecule has 0 amide bonds. The minimum atomic E-state index is 0.365. The Hall–Kier alpha value is -0.760. The molecule has 0 saturated carbocycles. The predicted octanol–water partition coefficient (Wildman–Crippen LogP) is 2.26. The third-order valence-corrected chi connectivity index (χ3v) is 1.85. The van der Waals surface area contributed by atoms with E-state index in [2.05, 4.69) is 18.3 Å². The molecule has 0 aliphatic carbocycles. The maximum atomic E-state index is 5.35. The maximum absolute atomic E-state index is 5.35. The zero-order valence-corrected chi connectivity index (χ0v) is 7.35. The van der Waals surface area contributed by atoms with Gasteiger partial charge in [0.05, 0.1) is 12.3 Å². The van der Waals surface area contributed by atoms with Gasteiger partial charge in [0.15, 0.2) is 0 Å². The summed E-state index contributed by atoms with van der Waals surface area (Å²) >= 11 is 0. The molecular weight excluding hydrogens is 138 g/mol. The van der Waals surface area contributed by atoms with Crippen LogP contribution >= 0.6 is 0 Å². The number of hydrogen-bond acceptors (Lipinski definition) is 2. The summed E-state index contributed by atoms with van der Waals surface area (Å²) in [6, 6.07) is 2.44. The lowest BCUT2D eigenvalue weighted by molar-refractivity contribution is 0.423. The topological polar surface area (TPSA) is 25.2 Å². The molecule has 0 saturated heterocycles. The molecule has 1 N–H and O–H groups in total. The van der Waals surface area contributed by atoms with E-state index < -0.39 is 0 Å². The Bertz CT molecular complexity index is 213. The zero-order valence-electron chi connectivity index (χ0n) is 7.35. The van der Waals surface area contributed by atoms with E-state index in [0.717, 1.165) is 12.2 Å². The highest BCUT2D eigenvalue weighted by atomic mass is 16.3. The minimum absolute atomic E-state index is 0.365. The summed E-state index contributed by atoms with van der Waals surface area (Å²) < 4.78 is 5.35. The van der Waals surface area contributed by atoms with Crippen molar-refractivity contribution in [3.8, 4) is 0 Å². The minimum Gasteiger partial charge on any atom is -0.467 e. The van der Waals surface area contributed by atoms with Crippen LogP contribution in [0.2, 0.25) is 0 Å². The van der Waals surface area contributed by atoms with Gasteiger partial charge < -0.3 is 9.73 Å². The van der Waals surface area contributed by atoms with Crippen LogP contribution in [0.5, 0.6) is 0 Å². The van der Waals surface area contributed by atoms with E-state index in [-0.39, 0.29) is 0 Å². The number of aryl methyl sites for hydroxylation is 1. The molecule has 1 aromatic rings.